The van der Waals surface area contributed by atoms with Crippen LogP contribution in [0.5, 0.6) is 5.75 Å². The molecular weight excluding hydrogens is 380 g/mol. The quantitative estimate of drug-likeness (QED) is 0.785. The predicted molar refractivity (Wildman–Crippen MR) is 105 cm³/mol. The van der Waals surface area contributed by atoms with Crippen LogP contribution in [-0.2, 0) is 21.1 Å². The minimum atomic E-state index is -3.50. The van der Waals surface area contributed by atoms with Gasteiger partial charge in [0.2, 0.25) is 5.91 Å². The monoisotopic (exact) mass is 402 g/mol. The number of hydrogen-bond acceptors (Lipinski definition) is 5. The molecule has 1 atom stereocenters. The highest BCUT2D eigenvalue weighted by molar-refractivity contribution is 7.91. The number of benzene rings is 2. The first kappa shape index (κ1) is 19.9. The van der Waals surface area contributed by atoms with E-state index >= 15 is 0 Å². The van der Waals surface area contributed by atoms with Crippen molar-refractivity contribution in [3.63, 3.8) is 0 Å². The average molecular weight is 402 g/mol. The van der Waals surface area contributed by atoms with E-state index in [9.17, 15) is 18.0 Å². The average Bonchev–Trinajstić information content (AvgIpc) is 3.04. The molecule has 2 amide bonds. The number of ether oxygens (including phenoxy) is 1. The summed E-state index contributed by atoms with van der Waals surface area (Å²) in [6.45, 7) is 0.329. The summed E-state index contributed by atoms with van der Waals surface area (Å²) < 4.78 is 29.3. The van der Waals surface area contributed by atoms with Crippen LogP contribution in [0.2, 0.25) is 0 Å². The van der Waals surface area contributed by atoms with Crippen molar-refractivity contribution in [1.29, 1.82) is 0 Å². The first-order valence-corrected chi connectivity index (χ1v) is 10.7. The zero-order valence-corrected chi connectivity index (χ0v) is 16.3. The van der Waals surface area contributed by atoms with Crippen molar-refractivity contribution in [3.8, 4) is 5.75 Å². The lowest BCUT2D eigenvalue weighted by atomic mass is 10.1. The van der Waals surface area contributed by atoms with Crippen LogP contribution in [0.1, 0.15) is 15.9 Å². The number of nitrogens with one attached hydrogen (secondary N) is 1. The molecule has 0 aromatic heterocycles. The summed E-state index contributed by atoms with van der Waals surface area (Å²) in [5.74, 6) is -1.01. The van der Waals surface area contributed by atoms with E-state index in [4.69, 9.17) is 4.74 Å². The van der Waals surface area contributed by atoms with Crippen molar-refractivity contribution in [2.24, 2.45) is 0 Å². The first-order chi connectivity index (χ1) is 13.4. The number of amides is 2. The minimum Gasteiger partial charge on any atom is -0.497 e. The summed E-state index contributed by atoms with van der Waals surface area (Å²) in [4.78, 5) is 26.4. The molecule has 1 N–H and O–H groups in total. The van der Waals surface area contributed by atoms with Crippen molar-refractivity contribution >= 4 is 21.7 Å². The highest BCUT2D eigenvalue weighted by Gasteiger charge is 2.42. The third kappa shape index (κ3) is 4.69. The Morgan fingerprint density at radius 1 is 1.14 bits per heavy atom. The zero-order chi connectivity index (χ0) is 20.1. The third-order valence-electron chi connectivity index (χ3n) is 4.56. The second-order valence-corrected chi connectivity index (χ2v) is 8.67. The van der Waals surface area contributed by atoms with Crippen molar-refractivity contribution in [2.45, 2.75) is 12.5 Å². The summed E-state index contributed by atoms with van der Waals surface area (Å²) in [6.07, 6.45) is 0.565. The molecule has 0 spiro atoms. The fourth-order valence-electron chi connectivity index (χ4n) is 3.12. The van der Waals surface area contributed by atoms with E-state index in [2.05, 4.69) is 5.32 Å². The molecule has 3 rings (SSSR count). The number of hydrogen-bond donors (Lipinski definition) is 1. The Kier molecular flexibility index (Phi) is 5.99. The fraction of sp³-hybridized carbons (Fsp3) is 0.300. The first-order valence-electron chi connectivity index (χ1n) is 8.87. The lowest BCUT2D eigenvalue weighted by Crippen LogP contribution is -2.47. The van der Waals surface area contributed by atoms with Gasteiger partial charge < -0.3 is 15.0 Å². The fourth-order valence-corrected chi connectivity index (χ4v) is 4.76. The normalized spacial score (nSPS) is 17.9. The van der Waals surface area contributed by atoms with Crippen LogP contribution in [0.4, 0.5) is 0 Å². The predicted octanol–water partition coefficient (Wildman–Crippen LogP) is 1.25. The SMILES string of the molecule is COc1cccc(CCNC(=O)[C@H]2CS(=O)(=O)CN2C(=O)c2ccccc2)c1. The Hall–Kier alpha value is -2.87. The van der Waals surface area contributed by atoms with Gasteiger partial charge in [0.15, 0.2) is 9.84 Å². The van der Waals surface area contributed by atoms with Gasteiger partial charge in [-0.2, -0.15) is 0 Å². The maximum atomic E-state index is 12.7. The van der Waals surface area contributed by atoms with Crippen LogP contribution in [-0.4, -0.2) is 56.5 Å². The van der Waals surface area contributed by atoms with E-state index < -0.39 is 33.6 Å². The van der Waals surface area contributed by atoms with Gasteiger partial charge in [-0.25, -0.2) is 8.42 Å². The molecule has 2 aromatic carbocycles. The van der Waals surface area contributed by atoms with Crippen molar-refractivity contribution < 1.29 is 22.7 Å². The van der Waals surface area contributed by atoms with E-state index in [0.717, 1.165) is 16.2 Å². The summed E-state index contributed by atoms with van der Waals surface area (Å²) in [6, 6.07) is 14.8. The second kappa shape index (κ2) is 8.43. The van der Waals surface area contributed by atoms with E-state index in [1.807, 2.05) is 24.3 Å². The Balaban J connectivity index is 1.65. The molecule has 8 heteroatoms. The van der Waals surface area contributed by atoms with E-state index in [1.165, 1.54) is 0 Å². The molecule has 0 bridgehead atoms. The van der Waals surface area contributed by atoms with Gasteiger partial charge in [-0.05, 0) is 36.2 Å². The van der Waals surface area contributed by atoms with Crippen LogP contribution in [0.3, 0.4) is 0 Å². The molecule has 7 nitrogen and oxygen atoms in total. The van der Waals surface area contributed by atoms with Crippen molar-refractivity contribution in [1.82, 2.24) is 10.2 Å². The molecule has 0 aliphatic carbocycles. The lowest BCUT2D eigenvalue weighted by molar-refractivity contribution is -0.124. The summed E-state index contributed by atoms with van der Waals surface area (Å²) >= 11 is 0. The molecule has 1 aliphatic heterocycles. The molecular formula is C20H22N2O5S. The number of carbonyl (C=O) groups excluding carboxylic acids is 2. The number of rotatable bonds is 6. The molecule has 2 aromatic rings. The van der Waals surface area contributed by atoms with Gasteiger partial charge in [0, 0.05) is 12.1 Å². The van der Waals surface area contributed by atoms with Gasteiger partial charge in [-0.15, -0.1) is 0 Å². The van der Waals surface area contributed by atoms with E-state index in [0.29, 0.717) is 18.5 Å². The lowest BCUT2D eigenvalue weighted by Gasteiger charge is -2.22. The third-order valence-corrected chi connectivity index (χ3v) is 6.05. The summed E-state index contributed by atoms with van der Waals surface area (Å²) in [7, 11) is -1.92. The number of sulfone groups is 1. The minimum absolute atomic E-state index is 0.329. The molecule has 1 aliphatic rings. The summed E-state index contributed by atoms with van der Waals surface area (Å²) in [5, 5.41) is 2.75. The Morgan fingerprint density at radius 2 is 1.89 bits per heavy atom. The number of nitrogens with zero attached hydrogens (tertiary/aromatic N) is 1. The van der Waals surface area contributed by atoms with Crippen LogP contribution in [0, 0.1) is 0 Å². The molecule has 0 radical (unpaired) electrons. The highest BCUT2D eigenvalue weighted by atomic mass is 32.2. The van der Waals surface area contributed by atoms with Crippen molar-refractivity contribution in [3.05, 3.63) is 65.7 Å². The topological polar surface area (TPSA) is 92.8 Å². The van der Waals surface area contributed by atoms with Gasteiger partial charge >= 0.3 is 0 Å². The van der Waals surface area contributed by atoms with Gasteiger partial charge in [0.25, 0.3) is 5.91 Å². The van der Waals surface area contributed by atoms with Gasteiger partial charge in [-0.1, -0.05) is 30.3 Å². The van der Waals surface area contributed by atoms with Crippen LogP contribution in [0.25, 0.3) is 0 Å². The smallest absolute Gasteiger partial charge is 0.255 e. The largest absolute Gasteiger partial charge is 0.497 e. The molecule has 1 saturated heterocycles. The standard InChI is InChI=1S/C20H22N2O5S/c1-27-17-9-5-6-15(12-17)10-11-21-19(23)18-13-28(25,26)14-22(18)20(24)16-7-3-2-4-8-16/h2-9,12,18H,10-11,13-14H2,1H3,(H,21,23)/t18-/m1/s1. The second-order valence-electron chi connectivity index (χ2n) is 6.59. The number of methoxy groups -OCH3 is 1. The number of carbonyl (C=O) groups is 2. The van der Waals surface area contributed by atoms with Gasteiger partial charge in [0.05, 0.1) is 12.9 Å². The molecule has 148 valence electrons. The maximum absolute atomic E-state index is 12.7. The van der Waals surface area contributed by atoms with E-state index in [1.54, 1.807) is 37.4 Å². The molecule has 1 heterocycles. The zero-order valence-electron chi connectivity index (χ0n) is 15.5. The van der Waals surface area contributed by atoms with Crippen LogP contribution < -0.4 is 10.1 Å². The Morgan fingerprint density at radius 3 is 2.61 bits per heavy atom. The molecule has 0 unspecified atom stereocenters. The molecule has 0 saturated carbocycles. The molecule has 1 fully saturated rings. The van der Waals surface area contributed by atoms with Crippen LogP contribution in [0.15, 0.2) is 54.6 Å². The maximum Gasteiger partial charge on any atom is 0.255 e. The highest BCUT2D eigenvalue weighted by Crippen LogP contribution is 2.19. The van der Waals surface area contributed by atoms with Crippen LogP contribution >= 0.6 is 0 Å². The van der Waals surface area contributed by atoms with Crippen molar-refractivity contribution in [2.75, 3.05) is 25.3 Å². The Labute approximate surface area is 164 Å². The summed E-state index contributed by atoms with van der Waals surface area (Å²) in [5.41, 5.74) is 1.34. The van der Waals surface area contributed by atoms with E-state index in [-0.39, 0.29) is 5.75 Å². The Bertz CT molecular complexity index is 960. The molecule has 28 heavy (non-hydrogen) atoms. The van der Waals surface area contributed by atoms with Gasteiger partial charge in [0.1, 0.15) is 17.7 Å². The van der Waals surface area contributed by atoms with Gasteiger partial charge in [-0.3, -0.25) is 9.59 Å².